The predicted octanol–water partition coefficient (Wildman–Crippen LogP) is 2.46. The fraction of sp³-hybridized carbons (Fsp3) is 0.667. The van der Waals surface area contributed by atoms with Crippen molar-refractivity contribution in [3.8, 4) is 5.75 Å². The Balaban J connectivity index is 1.57. The quantitative estimate of drug-likeness (QED) is 0.845. The third-order valence-electron chi connectivity index (χ3n) is 4.44. The van der Waals surface area contributed by atoms with Crippen molar-refractivity contribution in [2.24, 2.45) is 0 Å². The zero-order valence-corrected chi connectivity index (χ0v) is 14.4. The number of hydrogen-bond donors (Lipinski definition) is 0. The Bertz CT molecular complexity index is 586. The van der Waals surface area contributed by atoms with E-state index in [-0.39, 0.29) is 24.4 Å². The smallest absolute Gasteiger partial charge is 0.191 e. The van der Waals surface area contributed by atoms with Gasteiger partial charge in [-0.3, -0.25) is 0 Å². The van der Waals surface area contributed by atoms with Crippen LogP contribution in [0, 0.1) is 0 Å². The summed E-state index contributed by atoms with van der Waals surface area (Å²) in [5.74, 6) is -0.544. The molecule has 1 aromatic rings. The molecule has 3 aliphatic heterocycles. The lowest BCUT2D eigenvalue weighted by atomic mass is 10.1. The maximum atomic E-state index is 6.21. The second kappa shape index (κ2) is 5.68. The first-order chi connectivity index (χ1) is 11.3. The highest BCUT2D eigenvalue weighted by Crippen LogP contribution is 2.42. The second-order valence-electron chi connectivity index (χ2n) is 7.33. The van der Waals surface area contributed by atoms with Crippen LogP contribution in [0.25, 0.3) is 0 Å². The van der Waals surface area contributed by atoms with E-state index >= 15 is 0 Å². The van der Waals surface area contributed by atoms with Crippen LogP contribution in [-0.2, 0) is 23.7 Å². The molecule has 3 unspecified atom stereocenters. The molecule has 0 aromatic heterocycles. The highest BCUT2D eigenvalue weighted by atomic mass is 16.8. The minimum absolute atomic E-state index is 0.227. The normalized spacial score (nSPS) is 39.8. The first-order valence-electron chi connectivity index (χ1n) is 8.38. The number of fused-ring (bicyclic) bond motifs is 1. The zero-order chi connectivity index (χ0) is 16.9. The molecule has 0 N–H and O–H groups in total. The summed E-state index contributed by atoms with van der Waals surface area (Å²) < 4.78 is 35.9. The van der Waals surface area contributed by atoms with E-state index in [1.165, 1.54) is 0 Å². The predicted molar refractivity (Wildman–Crippen MR) is 84.5 cm³/mol. The number of benzene rings is 1. The van der Waals surface area contributed by atoms with Gasteiger partial charge in [-0.15, -0.1) is 0 Å². The van der Waals surface area contributed by atoms with Crippen LogP contribution in [0.15, 0.2) is 30.3 Å². The third kappa shape index (κ3) is 3.05. The van der Waals surface area contributed by atoms with E-state index in [0.29, 0.717) is 6.61 Å². The monoisotopic (exact) mass is 336 g/mol. The molecule has 3 saturated heterocycles. The van der Waals surface area contributed by atoms with Gasteiger partial charge in [-0.05, 0) is 39.8 Å². The molecule has 1 aromatic carbocycles. The van der Waals surface area contributed by atoms with Crippen LogP contribution >= 0.6 is 0 Å². The average molecular weight is 336 g/mol. The molecule has 3 fully saturated rings. The Morgan fingerprint density at radius 2 is 1.67 bits per heavy atom. The van der Waals surface area contributed by atoms with Gasteiger partial charge in [0, 0.05) is 0 Å². The summed E-state index contributed by atoms with van der Waals surface area (Å²) in [6.07, 6.45) is -1.65. The molecule has 6 nitrogen and oxygen atoms in total. The first kappa shape index (κ1) is 16.3. The second-order valence-corrected chi connectivity index (χ2v) is 7.33. The van der Waals surface area contributed by atoms with Gasteiger partial charge in [-0.2, -0.15) is 0 Å². The summed E-state index contributed by atoms with van der Waals surface area (Å²) in [5, 5.41) is 0. The topological polar surface area (TPSA) is 55.4 Å². The number of para-hydroxylation sites is 1. The Morgan fingerprint density at radius 3 is 2.33 bits per heavy atom. The molecule has 0 radical (unpaired) electrons. The summed E-state index contributed by atoms with van der Waals surface area (Å²) in [6.45, 7) is 8.00. The lowest BCUT2D eigenvalue weighted by Crippen LogP contribution is -2.45. The summed E-state index contributed by atoms with van der Waals surface area (Å²) in [6, 6.07) is 9.66. The maximum Gasteiger partial charge on any atom is 0.191 e. The van der Waals surface area contributed by atoms with Crippen LogP contribution in [0.5, 0.6) is 5.75 Å². The van der Waals surface area contributed by atoms with Crippen molar-refractivity contribution in [2.75, 3.05) is 6.61 Å². The Morgan fingerprint density at radius 1 is 0.917 bits per heavy atom. The molecule has 132 valence electrons. The summed E-state index contributed by atoms with van der Waals surface area (Å²) in [7, 11) is 0. The first-order valence-corrected chi connectivity index (χ1v) is 8.38. The van der Waals surface area contributed by atoms with Gasteiger partial charge in [0.25, 0.3) is 0 Å². The molecular formula is C18H24O6. The molecule has 0 amide bonds. The summed E-state index contributed by atoms with van der Waals surface area (Å²) in [4.78, 5) is 0. The van der Waals surface area contributed by atoms with Crippen molar-refractivity contribution < 1.29 is 28.4 Å². The number of rotatable bonds is 3. The molecule has 3 heterocycles. The van der Waals surface area contributed by atoms with Gasteiger partial charge in [-0.25, -0.2) is 0 Å². The van der Waals surface area contributed by atoms with E-state index in [4.69, 9.17) is 28.4 Å². The zero-order valence-electron chi connectivity index (χ0n) is 14.4. The molecular weight excluding hydrogens is 312 g/mol. The highest BCUT2D eigenvalue weighted by Gasteiger charge is 2.59. The molecule has 0 bridgehead atoms. The van der Waals surface area contributed by atoms with Crippen molar-refractivity contribution in [1.29, 1.82) is 0 Å². The lowest BCUT2D eigenvalue weighted by molar-refractivity contribution is -0.230. The van der Waals surface area contributed by atoms with Gasteiger partial charge < -0.3 is 28.4 Å². The van der Waals surface area contributed by atoms with Crippen LogP contribution in [0.1, 0.15) is 27.7 Å². The van der Waals surface area contributed by atoms with Crippen LogP contribution in [0.3, 0.4) is 0 Å². The van der Waals surface area contributed by atoms with Gasteiger partial charge in [0.05, 0.1) is 6.61 Å². The van der Waals surface area contributed by atoms with Gasteiger partial charge in [-0.1, -0.05) is 18.2 Å². The third-order valence-corrected chi connectivity index (χ3v) is 4.44. The number of hydrogen-bond acceptors (Lipinski definition) is 6. The van der Waals surface area contributed by atoms with Gasteiger partial charge in [0.2, 0.25) is 0 Å². The van der Waals surface area contributed by atoms with E-state index < -0.39 is 17.9 Å². The average Bonchev–Trinajstić information content (AvgIpc) is 3.11. The lowest BCUT2D eigenvalue weighted by Gasteiger charge is -2.29. The Labute approximate surface area is 141 Å². The van der Waals surface area contributed by atoms with Crippen LogP contribution < -0.4 is 4.74 Å². The summed E-state index contributed by atoms with van der Waals surface area (Å²) in [5.41, 5.74) is 0. The van der Waals surface area contributed by atoms with E-state index in [9.17, 15) is 0 Å². The van der Waals surface area contributed by atoms with E-state index in [0.717, 1.165) is 5.75 Å². The standard InChI is InChI=1S/C18H24O6/c1-17(2)19-10-12(22-17)13-14(20-11-8-6-5-7-9-11)15-16(21-13)24-18(3,4)23-15/h5-9,12-16H,10H2,1-4H3/t12?,13-,14?,15?,16-/m1/s1. The molecule has 0 spiro atoms. The molecule has 0 aliphatic carbocycles. The van der Waals surface area contributed by atoms with Crippen LogP contribution in [-0.4, -0.2) is 48.9 Å². The molecule has 5 atom stereocenters. The largest absolute Gasteiger partial charge is 0.485 e. The molecule has 24 heavy (non-hydrogen) atoms. The van der Waals surface area contributed by atoms with E-state index in [1.54, 1.807) is 0 Å². The molecule has 6 heteroatoms. The van der Waals surface area contributed by atoms with E-state index in [2.05, 4.69) is 0 Å². The van der Waals surface area contributed by atoms with Gasteiger partial charge in [0.15, 0.2) is 30.1 Å². The fourth-order valence-electron chi connectivity index (χ4n) is 3.47. The Kier molecular flexibility index (Phi) is 3.85. The van der Waals surface area contributed by atoms with Gasteiger partial charge >= 0.3 is 0 Å². The number of ether oxygens (including phenoxy) is 6. The minimum atomic E-state index is -0.690. The van der Waals surface area contributed by atoms with Crippen molar-refractivity contribution in [2.45, 2.75) is 70.0 Å². The SMILES string of the molecule is CC1(C)OCC([C@H]2O[C@@H]3OC(C)(C)OC3C2Oc2ccccc2)O1. The van der Waals surface area contributed by atoms with E-state index in [1.807, 2.05) is 58.0 Å². The molecule has 4 rings (SSSR count). The van der Waals surface area contributed by atoms with Crippen molar-refractivity contribution in [3.05, 3.63) is 30.3 Å². The molecule has 3 aliphatic rings. The van der Waals surface area contributed by atoms with Crippen LogP contribution in [0.2, 0.25) is 0 Å². The van der Waals surface area contributed by atoms with Crippen LogP contribution in [0.4, 0.5) is 0 Å². The van der Waals surface area contributed by atoms with Crippen molar-refractivity contribution in [3.63, 3.8) is 0 Å². The summed E-state index contributed by atoms with van der Waals surface area (Å²) >= 11 is 0. The molecule has 0 saturated carbocycles. The minimum Gasteiger partial charge on any atom is -0.485 e. The van der Waals surface area contributed by atoms with Gasteiger partial charge in [0.1, 0.15) is 18.0 Å². The fourth-order valence-corrected chi connectivity index (χ4v) is 3.47. The Hall–Kier alpha value is -1.18. The van der Waals surface area contributed by atoms with Crippen molar-refractivity contribution in [1.82, 2.24) is 0 Å². The highest BCUT2D eigenvalue weighted by molar-refractivity contribution is 5.22. The van der Waals surface area contributed by atoms with Crippen molar-refractivity contribution >= 4 is 0 Å². The maximum absolute atomic E-state index is 6.21.